The normalized spacial score (nSPS) is 10.2. The molecule has 4 heteroatoms. The SMILES string of the molecule is C=CC(=O)NCCC[N+](C)(C)CC.[Cl-]. The molecule has 0 atom stereocenters. The lowest BCUT2D eigenvalue weighted by atomic mass is 10.3. The molecule has 0 bridgehead atoms. The summed E-state index contributed by atoms with van der Waals surface area (Å²) < 4.78 is 1.00. The largest absolute Gasteiger partial charge is 1.00 e. The molecule has 0 heterocycles. The third kappa shape index (κ3) is 8.08. The molecule has 0 saturated heterocycles. The minimum atomic E-state index is -0.0817. The predicted molar refractivity (Wildman–Crippen MR) is 55.3 cm³/mol. The van der Waals surface area contributed by atoms with Crippen LogP contribution in [0.25, 0.3) is 0 Å². The second-order valence-corrected chi connectivity index (χ2v) is 3.82. The highest BCUT2D eigenvalue weighted by Gasteiger charge is 2.10. The molecule has 0 rings (SSSR count). The number of halogens is 1. The second-order valence-electron chi connectivity index (χ2n) is 3.82. The van der Waals surface area contributed by atoms with Gasteiger partial charge >= 0.3 is 0 Å². The quantitative estimate of drug-likeness (QED) is 0.307. The van der Waals surface area contributed by atoms with Crippen LogP contribution < -0.4 is 17.7 Å². The molecule has 0 aromatic rings. The van der Waals surface area contributed by atoms with Crippen LogP contribution in [0.4, 0.5) is 0 Å². The lowest BCUT2D eigenvalue weighted by Gasteiger charge is -2.28. The summed E-state index contributed by atoms with van der Waals surface area (Å²) in [5, 5.41) is 2.76. The first kappa shape index (κ1) is 15.9. The Morgan fingerprint density at radius 3 is 2.50 bits per heavy atom. The van der Waals surface area contributed by atoms with E-state index < -0.39 is 0 Å². The van der Waals surface area contributed by atoms with Gasteiger partial charge in [0.25, 0.3) is 0 Å². The fraction of sp³-hybridized carbons (Fsp3) is 0.700. The first-order valence-electron chi connectivity index (χ1n) is 4.74. The average Bonchev–Trinajstić information content (AvgIpc) is 2.12. The van der Waals surface area contributed by atoms with Gasteiger partial charge in [0.2, 0.25) is 5.91 Å². The van der Waals surface area contributed by atoms with E-state index in [-0.39, 0.29) is 18.3 Å². The Morgan fingerprint density at radius 2 is 2.07 bits per heavy atom. The van der Waals surface area contributed by atoms with E-state index in [0.29, 0.717) is 0 Å². The number of carbonyl (C=O) groups excluding carboxylic acids is 1. The molecule has 0 aromatic heterocycles. The number of quaternary nitrogens is 1. The fourth-order valence-corrected chi connectivity index (χ4v) is 0.949. The van der Waals surface area contributed by atoms with Crippen LogP contribution in [0, 0.1) is 0 Å². The summed E-state index contributed by atoms with van der Waals surface area (Å²) in [6.45, 7) is 8.51. The molecule has 84 valence electrons. The number of hydrogen-bond acceptors (Lipinski definition) is 1. The smallest absolute Gasteiger partial charge is 0.243 e. The molecule has 3 nitrogen and oxygen atoms in total. The monoisotopic (exact) mass is 220 g/mol. The third-order valence-corrected chi connectivity index (χ3v) is 2.28. The van der Waals surface area contributed by atoms with Crippen LogP contribution in [0.3, 0.4) is 0 Å². The van der Waals surface area contributed by atoms with Gasteiger partial charge in [0.15, 0.2) is 0 Å². The van der Waals surface area contributed by atoms with Crippen molar-refractivity contribution in [2.24, 2.45) is 0 Å². The molecule has 1 amide bonds. The van der Waals surface area contributed by atoms with E-state index in [1.807, 2.05) is 0 Å². The number of nitrogens with one attached hydrogen (secondary N) is 1. The highest BCUT2D eigenvalue weighted by molar-refractivity contribution is 5.86. The lowest BCUT2D eigenvalue weighted by molar-refractivity contribution is -0.888. The number of rotatable bonds is 6. The van der Waals surface area contributed by atoms with Gasteiger partial charge in [-0.05, 0) is 13.0 Å². The number of amides is 1. The first-order chi connectivity index (χ1) is 6.02. The molecule has 0 aliphatic rings. The van der Waals surface area contributed by atoms with Gasteiger partial charge in [0, 0.05) is 13.0 Å². The van der Waals surface area contributed by atoms with Gasteiger partial charge in [-0.15, -0.1) is 0 Å². The molecule has 14 heavy (non-hydrogen) atoms. The van der Waals surface area contributed by atoms with Crippen molar-refractivity contribution in [2.45, 2.75) is 13.3 Å². The Morgan fingerprint density at radius 1 is 1.50 bits per heavy atom. The van der Waals surface area contributed by atoms with Gasteiger partial charge < -0.3 is 22.2 Å². The fourth-order valence-electron chi connectivity index (χ4n) is 0.949. The summed E-state index contributed by atoms with van der Waals surface area (Å²) in [4.78, 5) is 10.8. The molecule has 0 fully saturated rings. The summed E-state index contributed by atoms with van der Waals surface area (Å²) in [5.41, 5.74) is 0. The Hall–Kier alpha value is -0.540. The maximum atomic E-state index is 10.8. The van der Waals surface area contributed by atoms with Crippen molar-refractivity contribution in [2.75, 3.05) is 33.7 Å². The Bertz CT molecular complexity index is 181. The van der Waals surface area contributed by atoms with Gasteiger partial charge in [-0.3, -0.25) is 4.79 Å². The first-order valence-corrected chi connectivity index (χ1v) is 4.74. The summed E-state index contributed by atoms with van der Waals surface area (Å²) in [6, 6.07) is 0. The number of hydrogen-bond donors (Lipinski definition) is 1. The third-order valence-electron chi connectivity index (χ3n) is 2.28. The van der Waals surface area contributed by atoms with E-state index in [1.54, 1.807) is 0 Å². The summed E-state index contributed by atoms with van der Waals surface area (Å²) >= 11 is 0. The van der Waals surface area contributed by atoms with Crippen molar-refractivity contribution in [1.82, 2.24) is 5.32 Å². The zero-order valence-electron chi connectivity index (χ0n) is 9.35. The van der Waals surface area contributed by atoms with Crippen LogP contribution in [-0.4, -0.2) is 44.1 Å². The maximum absolute atomic E-state index is 10.8. The van der Waals surface area contributed by atoms with Crippen molar-refractivity contribution in [3.05, 3.63) is 12.7 Å². The summed E-state index contributed by atoms with van der Waals surface area (Å²) in [7, 11) is 4.38. The van der Waals surface area contributed by atoms with E-state index in [1.165, 1.54) is 6.08 Å². The zero-order valence-corrected chi connectivity index (χ0v) is 10.1. The average molecular weight is 221 g/mol. The van der Waals surface area contributed by atoms with Crippen molar-refractivity contribution >= 4 is 5.91 Å². The molecule has 1 N–H and O–H groups in total. The molecular weight excluding hydrogens is 200 g/mol. The van der Waals surface area contributed by atoms with Crippen LogP contribution in [-0.2, 0) is 4.79 Å². The van der Waals surface area contributed by atoms with Gasteiger partial charge in [0.1, 0.15) is 0 Å². The maximum Gasteiger partial charge on any atom is 0.243 e. The molecule has 0 unspecified atom stereocenters. The van der Waals surface area contributed by atoms with E-state index in [9.17, 15) is 4.79 Å². The van der Waals surface area contributed by atoms with Gasteiger partial charge in [-0.1, -0.05) is 6.58 Å². The van der Waals surface area contributed by atoms with Crippen molar-refractivity contribution in [3.8, 4) is 0 Å². The van der Waals surface area contributed by atoms with Crippen LogP contribution >= 0.6 is 0 Å². The summed E-state index contributed by atoms with van der Waals surface area (Å²) in [5.74, 6) is -0.0817. The molecule has 0 aliphatic heterocycles. The van der Waals surface area contributed by atoms with Gasteiger partial charge in [-0.25, -0.2) is 0 Å². The van der Waals surface area contributed by atoms with E-state index in [0.717, 1.165) is 30.5 Å². The van der Waals surface area contributed by atoms with Crippen molar-refractivity contribution in [1.29, 1.82) is 0 Å². The molecular formula is C10H21ClN2O. The minimum absolute atomic E-state index is 0. The second kappa shape index (κ2) is 7.83. The highest BCUT2D eigenvalue weighted by Crippen LogP contribution is 1.96. The molecule has 0 radical (unpaired) electrons. The standard InChI is InChI=1S/C10H20N2O.ClH/c1-5-10(13)11-8-7-9-12(3,4)6-2;/h5H,1,6-9H2,2-4H3;1H. The Labute approximate surface area is 93.2 Å². The predicted octanol–water partition coefficient (Wildman–Crippen LogP) is -2.22. The number of carbonyl (C=O) groups is 1. The Balaban J connectivity index is 0. The van der Waals surface area contributed by atoms with Crippen LogP contribution in [0.2, 0.25) is 0 Å². The number of nitrogens with zero attached hydrogens (tertiary/aromatic N) is 1. The Kier molecular flexibility index (Phi) is 8.89. The van der Waals surface area contributed by atoms with E-state index in [4.69, 9.17) is 0 Å². The van der Waals surface area contributed by atoms with Crippen LogP contribution in [0.1, 0.15) is 13.3 Å². The van der Waals surface area contributed by atoms with Crippen molar-refractivity contribution in [3.63, 3.8) is 0 Å². The topological polar surface area (TPSA) is 29.1 Å². The van der Waals surface area contributed by atoms with Crippen LogP contribution in [0.15, 0.2) is 12.7 Å². The van der Waals surface area contributed by atoms with E-state index in [2.05, 4.69) is 32.9 Å². The van der Waals surface area contributed by atoms with Crippen molar-refractivity contribution < 1.29 is 21.7 Å². The lowest BCUT2D eigenvalue weighted by Crippen LogP contribution is -3.00. The molecule has 0 aliphatic carbocycles. The van der Waals surface area contributed by atoms with Gasteiger partial charge in [-0.2, -0.15) is 0 Å². The minimum Gasteiger partial charge on any atom is -1.00 e. The summed E-state index contributed by atoms with van der Waals surface area (Å²) in [6.07, 6.45) is 2.32. The molecule has 0 aromatic carbocycles. The molecule has 0 saturated carbocycles. The molecule has 0 spiro atoms. The highest BCUT2D eigenvalue weighted by atomic mass is 35.5. The zero-order chi connectivity index (χ0) is 10.3. The van der Waals surface area contributed by atoms with E-state index >= 15 is 0 Å². The van der Waals surface area contributed by atoms with Gasteiger partial charge in [0.05, 0.1) is 27.2 Å². The van der Waals surface area contributed by atoms with Crippen LogP contribution in [0.5, 0.6) is 0 Å².